The van der Waals surface area contributed by atoms with Gasteiger partial charge in [0.05, 0.1) is 18.6 Å². The summed E-state index contributed by atoms with van der Waals surface area (Å²) in [5, 5.41) is 21.1. The molecule has 156 valence electrons. The summed E-state index contributed by atoms with van der Waals surface area (Å²) < 4.78 is 0. The summed E-state index contributed by atoms with van der Waals surface area (Å²) in [6, 6.07) is 0. The van der Waals surface area contributed by atoms with Crippen LogP contribution in [0.3, 0.4) is 0 Å². The number of carboxylic acid groups (broad SMARTS) is 1. The highest BCUT2D eigenvalue weighted by molar-refractivity contribution is 5.68. The Morgan fingerprint density at radius 3 is 2.30 bits per heavy atom. The van der Waals surface area contributed by atoms with Gasteiger partial charge in [-0.25, -0.2) is 5.06 Å². The first kappa shape index (κ1) is 23.1. The predicted octanol–water partition coefficient (Wildman–Crippen LogP) is 3.35. The van der Waals surface area contributed by atoms with Crippen LogP contribution >= 0.6 is 0 Å². The molecule has 0 aromatic heterocycles. The molecule has 1 saturated carbocycles. The van der Waals surface area contributed by atoms with Crippen molar-refractivity contribution in [3.63, 3.8) is 0 Å². The van der Waals surface area contributed by atoms with Gasteiger partial charge in [-0.05, 0) is 40.0 Å². The summed E-state index contributed by atoms with van der Waals surface area (Å²) in [6.45, 7) is 7.26. The largest absolute Gasteiger partial charge is 0.481 e. The average Bonchev–Trinajstić information content (AvgIpc) is 2.52. The Morgan fingerprint density at radius 2 is 1.89 bits per heavy atom. The third kappa shape index (κ3) is 6.34. The number of aliphatic carboxylic acids is 1. The standard InChI is InChI=1S/C18H32N2O7/c1-5-9-18(12-15(22)23,27-20(24)25)17(10-7-6-8-11-17)13-19(14-21)26-16(2,3)4/h14H,5-13H2,1-4H3,(H,22,23). The normalized spacial score (nSPS) is 19.0. The molecule has 9 nitrogen and oxygen atoms in total. The maximum Gasteiger partial charge on any atom is 0.305 e. The lowest BCUT2D eigenvalue weighted by Crippen LogP contribution is -2.58. The van der Waals surface area contributed by atoms with Crippen molar-refractivity contribution in [2.24, 2.45) is 5.41 Å². The second kappa shape index (κ2) is 9.34. The fourth-order valence-corrected chi connectivity index (χ4v) is 4.23. The maximum atomic E-state index is 11.6. The van der Waals surface area contributed by atoms with E-state index in [9.17, 15) is 24.8 Å². The smallest absolute Gasteiger partial charge is 0.305 e. The molecule has 1 unspecified atom stereocenters. The molecule has 0 aliphatic heterocycles. The van der Waals surface area contributed by atoms with Crippen molar-refractivity contribution in [3.8, 4) is 0 Å². The molecule has 0 spiro atoms. The van der Waals surface area contributed by atoms with Crippen LogP contribution in [0, 0.1) is 15.5 Å². The number of nitrogens with zero attached hydrogens (tertiary/aromatic N) is 2. The fraction of sp³-hybridized carbons (Fsp3) is 0.889. The van der Waals surface area contributed by atoms with Crippen LogP contribution in [-0.2, 0) is 19.3 Å². The molecule has 9 heteroatoms. The third-order valence-corrected chi connectivity index (χ3v) is 5.08. The van der Waals surface area contributed by atoms with Crippen LogP contribution in [0.1, 0.15) is 79.1 Å². The van der Waals surface area contributed by atoms with Crippen LogP contribution in [-0.4, -0.2) is 45.4 Å². The Balaban J connectivity index is 3.39. The van der Waals surface area contributed by atoms with Crippen molar-refractivity contribution in [3.05, 3.63) is 10.1 Å². The first-order valence-corrected chi connectivity index (χ1v) is 9.45. The van der Waals surface area contributed by atoms with Crippen molar-refractivity contribution in [1.82, 2.24) is 5.06 Å². The highest BCUT2D eigenvalue weighted by atomic mass is 17.0. The Labute approximate surface area is 160 Å². The zero-order chi connectivity index (χ0) is 20.7. The average molecular weight is 388 g/mol. The molecule has 1 aliphatic rings. The van der Waals surface area contributed by atoms with Gasteiger partial charge in [0, 0.05) is 5.41 Å². The number of rotatable bonds is 11. The number of carbonyl (C=O) groups is 2. The Kier molecular flexibility index (Phi) is 8.01. The zero-order valence-electron chi connectivity index (χ0n) is 16.7. The molecule has 0 aromatic rings. The third-order valence-electron chi connectivity index (χ3n) is 5.08. The van der Waals surface area contributed by atoms with Crippen molar-refractivity contribution < 1.29 is 29.5 Å². The van der Waals surface area contributed by atoms with Gasteiger partial charge in [0.1, 0.15) is 5.60 Å². The Bertz CT molecular complexity index is 508. The van der Waals surface area contributed by atoms with E-state index < -0.39 is 34.1 Å². The lowest BCUT2D eigenvalue weighted by atomic mass is 9.60. The Morgan fingerprint density at radius 1 is 1.30 bits per heavy atom. The number of carbonyl (C=O) groups excluding carboxylic acids is 1. The van der Waals surface area contributed by atoms with E-state index in [-0.39, 0.29) is 13.0 Å². The predicted molar refractivity (Wildman–Crippen MR) is 97.1 cm³/mol. The monoisotopic (exact) mass is 388 g/mol. The van der Waals surface area contributed by atoms with Crippen LogP contribution in [0.5, 0.6) is 0 Å². The lowest BCUT2D eigenvalue weighted by molar-refractivity contribution is -0.787. The second-order valence-electron chi connectivity index (χ2n) is 8.35. The summed E-state index contributed by atoms with van der Waals surface area (Å²) in [4.78, 5) is 45.4. The number of carboxylic acids is 1. The molecule has 1 fully saturated rings. The quantitative estimate of drug-likeness (QED) is 0.327. The van der Waals surface area contributed by atoms with E-state index in [4.69, 9.17) is 9.68 Å². The molecule has 0 bridgehead atoms. The summed E-state index contributed by atoms with van der Waals surface area (Å²) in [6.07, 6.45) is 4.37. The molecule has 0 heterocycles. The van der Waals surface area contributed by atoms with Crippen molar-refractivity contribution in [2.45, 2.75) is 90.3 Å². The summed E-state index contributed by atoms with van der Waals surface area (Å²) in [5.41, 5.74) is -3.03. The van der Waals surface area contributed by atoms with Crippen LogP contribution in [0.15, 0.2) is 0 Å². The van der Waals surface area contributed by atoms with E-state index in [1.165, 1.54) is 0 Å². The van der Waals surface area contributed by atoms with E-state index in [1.54, 1.807) is 20.8 Å². The molecule has 27 heavy (non-hydrogen) atoms. The summed E-state index contributed by atoms with van der Waals surface area (Å²) in [7, 11) is 0. The molecule has 0 radical (unpaired) electrons. The van der Waals surface area contributed by atoms with Gasteiger partial charge in [-0.3, -0.25) is 14.4 Å². The summed E-state index contributed by atoms with van der Waals surface area (Å²) in [5.74, 6) is -1.16. The van der Waals surface area contributed by atoms with Gasteiger partial charge in [0.15, 0.2) is 0 Å². The molecular formula is C18H32N2O7. The lowest BCUT2D eigenvalue weighted by Gasteiger charge is -2.51. The van der Waals surface area contributed by atoms with Crippen molar-refractivity contribution in [1.29, 1.82) is 0 Å². The minimum absolute atomic E-state index is 0.0505. The molecule has 1 atom stereocenters. The van der Waals surface area contributed by atoms with Crippen LogP contribution in [0.25, 0.3) is 0 Å². The molecule has 0 saturated heterocycles. The van der Waals surface area contributed by atoms with Gasteiger partial charge in [0.25, 0.3) is 5.09 Å². The highest BCUT2D eigenvalue weighted by Crippen LogP contribution is 2.51. The first-order chi connectivity index (χ1) is 12.5. The maximum absolute atomic E-state index is 11.6. The van der Waals surface area contributed by atoms with Crippen molar-refractivity contribution >= 4 is 12.4 Å². The van der Waals surface area contributed by atoms with Gasteiger partial charge in [-0.2, -0.15) is 0 Å². The van der Waals surface area contributed by atoms with Gasteiger partial charge >= 0.3 is 5.97 Å². The van der Waals surface area contributed by atoms with E-state index in [0.717, 1.165) is 24.3 Å². The van der Waals surface area contributed by atoms with Gasteiger partial charge < -0.3 is 9.94 Å². The zero-order valence-corrected chi connectivity index (χ0v) is 16.7. The topological polar surface area (TPSA) is 119 Å². The van der Waals surface area contributed by atoms with Gasteiger partial charge in [-0.1, -0.05) is 32.6 Å². The number of hydrogen-bond donors (Lipinski definition) is 1. The van der Waals surface area contributed by atoms with E-state index in [2.05, 4.69) is 0 Å². The molecule has 1 rings (SSSR count). The SMILES string of the molecule is CCCC(CC(=O)O)(O[N+](=O)[O-])C1(CN(C=O)OC(C)(C)C)CCCCC1. The first-order valence-electron chi connectivity index (χ1n) is 9.45. The van der Waals surface area contributed by atoms with Crippen LogP contribution < -0.4 is 0 Å². The minimum atomic E-state index is -1.51. The van der Waals surface area contributed by atoms with Crippen LogP contribution in [0.4, 0.5) is 0 Å². The van der Waals surface area contributed by atoms with Gasteiger partial charge in [0.2, 0.25) is 6.41 Å². The number of amides is 1. The molecule has 1 N–H and O–H groups in total. The molecular weight excluding hydrogens is 356 g/mol. The number of hydrogen-bond acceptors (Lipinski definition) is 6. The molecule has 1 aliphatic carbocycles. The number of hydroxylamine groups is 2. The van der Waals surface area contributed by atoms with Crippen molar-refractivity contribution in [2.75, 3.05) is 6.54 Å². The van der Waals surface area contributed by atoms with Crippen LogP contribution in [0.2, 0.25) is 0 Å². The summed E-state index contributed by atoms with van der Waals surface area (Å²) >= 11 is 0. The Hall–Kier alpha value is -1.90. The second-order valence-corrected chi connectivity index (χ2v) is 8.35. The fourth-order valence-electron chi connectivity index (χ4n) is 4.23. The molecule has 0 aromatic carbocycles. The highest BCUT2D eigenvalue weighted by Gasteiger charge is 2.56. The van der Waals surface area contributed by atoms with E-state index >= 15 is 0 Å². The van der Waals surface area contributed by atoms with E-state index in [1.807, 2.05) is 6.92 Å². The minimum Gasteiger partial charge on any atom is -0.481 e. The van der Waals surface area contributed by atoms with E-state index in [0.29, 0.717) is 25.7 Å². The molecule has 1 amide bonds. The van der Waals surface area contributed by atoms with Gasteiger partial charge in [-0.15, -0.1) is 10.1 Å².